The number of benzene rings is 2. The molecule has 2 aromatic carbocycles. The van der Waals surface area contributed by atoms with Gasteiger partial charge in [0.1, 0.15) is 24.7 Å². The van der Waals surface area contributed by atoms with Crippen LogP contribution in [-0.4, -0.2) is 70.8 Å². The summed E-state index contributed by atoms with van der Waals surface area (Å²) in [5, 5.41) is 19.1. The van der Waals surface area contributed by atoms with Gasteiger partial charge in [0.05, 0.1) is 4.92 Å². The van der Waals surface area contributed by atoms with E-state index in [1.54, 1.807) is 0 Å². The van der Waals surface area contributed by atoms with Gasteiger partial charge >= 0.3 is 6.09 Å². The molecule has 1 saturated heterocycles. The number of nitro benzene ring substituents is 1. The highest BCUT2D eigenvalue weighted by Gasteiger charge is 2.39. The number of anilines is 1. The molecule has 248 valence electrons. The lowest BCUT2D eigenvalue weighted by Gasteiger charge is -2.30. The van der Waals surface area contributed by atoms with Crippen molar-refractivity contribution in [2.75, 3.05) is 18.4 Å². The van der Waals surface area contributed by atoms with Gasteiger partial charge in [0, 0.05) is 30.9 Å². The van der Waals surface area contributed by atoms with E-state index < -0.39 is 46.9 Å². The van der Waals surface area contributed by atoms with E-state index in [2.05, 4.69) is 20.9 Å². The number of carbonyl (C=O) groups excluding carboxylic acids is 4. The minimum absolute atomic E-state index is 0.0382. The molecule has 3 rings (SSSR count). The minimum atomic E-state index is -1.02. The number of alkyl carbamates (subject to hydrolysis) is 1. The van der Waals surface area contributed by atoms with Crippen molar-refractivity contribution in [1.82, 2.24) is 15.5 Å². The Labute approximate surface area is 267 Å². The normalized spacial score (nSPS) is 15.4. The number of hydrogen-bond donors (Lipinski definition) is 5. The monoisotopic (exact) mass is 638 g/mol. The van der Waals surface area contributed by atoms with Gasteiger partial charge in [-0.15, -0.1) is 0 Å². The molecule has 0 bridgehead atoms. The summed E-state index contributed by atoms with van der Waals surface area (Å²) >= 11 is 0. The van der Waals surface area contributed by atoms with Crippen LogP contribution >= 0.6 is 0 Å². The first-order chi connectivity index (χ1) is 21.9. The maximum Gasteiger partial charge on any atom is 0.408 e. The van der Waals surface area contributed by atoms with Crippen LogP contribution < -0.4 is 27.4 Å². The number of rotatable bonds is 15. The zero-order valence-electron chi connectivity index (χ0n) is 26.0. The Morgan fingerprint density at radius 1 is 1.04 bits per heavy atom. The number of nitrogens with one attached hydrogen (secondary N) is 3. The Hall–Kier alpha value is -5.21. The van der Waals surface area contributed by atoms with E-state index in [9.17, 15) is 29.3 Å². The van der Waals surface area contributed by atoms with E-state index in [1.165, 1.54) is 29.2 Å². The maximum atomic E-state index is 13.7. The van der Waals surface area contributed by atoms with Crippen LogP contribution in [0.15, 0.2) is 59.6 Å². The molecule has 15 heteroatoms. The molecular formula is C31H42N8O7. The average Bonchev–Trinajstić information content (AvgIpc) is 3.51. The van der Waals surface area contributed by atoms with Gasteiger partial charge in [-0.3, -0.25) is 29.5 Å². The summed E-state index contributed by atoms with van der Waals surface area (Å²) in [5.74, 6) is -1.54. The van der Waals surface area contributed by atoms with Gasteiger partial charge in [-0.1, -0.05) is 44.2 Å². The standard InChI is InChI=1S/C31H42N8O7/c1-20(2)18-25(37-31(43)46-19-21-8-4-3-5-9-21)29(42)38-17-7-11-26(38)28(41)36-24(10-6-16-34-30(32)33)27(40)35-22-12-14-23(15-13-22)39(44)45/h3-5,8-9,12-15,20,24-26H,6-7,10-11,16-19H2,1-2H3,(H,35,40)(H,36,41)(H,37,43)(H4,32,33,34)/t24-,25-,26-/m0/s1. The van der Waals surface area contributed by atoms with Gasteiger partial charge < -0.3 is 37.1 Å². The highest BCUT2D eigenvalue weighted by molar-refractivity contribution is 5.99. The largest absolute Gasteiger partial charge is 0.445 e. The van der Waals surface area contributed by atoms with Crippen LogP contribution in [0, 0.1) is 16.0 Å². The van der Waals surface area contributed by atoms with Gasteiger partial charge in [-0.2, -0.15) is 0 Å². The summed E-state index contributed by atoms with van der Waals surface area (Å²) in [7, 11) is 0. The van der Waals surface area contributed by atoms with Crippen molar-refractivity contribution < 1.29 is 28.8 Å². The van der Waals surface area contributed by atoms with Crippen molar-refractivity contribution >= 4 is 41.1 Å². The molecule has 15 nitrogen and oxygen atoms in total. The number of likely N-dealkylation sites (tertiary alicyclic amines) is 1. The van der Waals surface area contributed by atoms with Gasteiger partial charge in [-0.25, -0.2) is 4.79 Å². The van der Waals surface area contributed by atoms with Gasteiger partial charge in [0.15, 0.2) is 5.96 Å². The van der Waals surface area contributed by atoms with Crippen molar-refractivity contribution in [3.8, 4) is 0 Å². The van der Waals surface area contributed by atoms with Crippen molar-refractivity contribution in [2.24, 2.45) is 22.4 Å². The first-order valence-electron chi connectivity index (χ1n) is 15.1. The lowest BCUT2D eigenvalue weighted by molar-refractivity contribution is -0.384. The van der Waals surface area contributed by atoms with E-state index >= 15 is 0 Å². The molecule has 0 saturated carbocycles. The van der Waals surface area contributed by atoms with Crippen molar-refractivity contribution in [3.63, 3.8) is 0 Å². The fraction of sp³-hybridized carbons (Fsp3) is 0.452. The first kappa shape index (κ1) is 35.3. The van der Waals surface area contributed by atoms with Crippen LogP contribution in [0.25, 0.3) is 0 Å². The third-order valence-electron chi connectivity index (χ3n) is 7.27. The van der Waals surface area contributed by atoms with E-state index in [0.717, 1.165) is 5.56 Å². The van der Waals surface area contributed by atoms with Crippen molar-refractivity contribution in [3.05, 3.63) is 70.3 Å². The molecule has 1 aliphatic rings. The highest BCUT2D eigenvalue weighted by Crippen LogP contribution is 2.22. The van der Waals surface area contributed by atoms with Crippen LogP contribution in [0.5, 0.6) is 0 Å². The second-order valence-corrected chi connectivity index (χ2v) is 11.4. The predicted molar refractivity (Wildman–Crippen MR) is 171 cm³/mol. The van der Waals surface area contributed by atoms with E-state index in [1.807, 2.05) is 44.2 Å². The van der Waals surface area contributed by atoms with E-state index in [4.69, 9.17) is 16.2 Å². The number of nitrogens with two attached hydrogens (primary N) is 2. The first-order valence-corrected chi connectivity index (χ1v) is 15.1. The smallest absolute Gasteiger partial charge is 0.408 e. The minimum Gasteiger partial charge on any atom is -0.445 e. The fourth-order valence-electron chi connectivity index (χ4n) is 5.04. The molecule has 4 amide bonds. The van der Waals surface area contributed by atoms with Crippen molar-refractivity contribution in [1.29, 1.82) is 0 Å². The molecule has 7 N–H and O–H groups in total. The second-order valence-electron chi connectivity index (χ2n) is 11.4. The molecule has 1 heterocycles. The van der Waals surface area contributed by atoms with E-state index in [-0.39, 0.29) is 37.1 Å². The number of hydrogen-bond acceptors (Lipinski definition) is 8. The summed E-state index contributed by atoms with van der Waals surface area (Å²) in [4.78, 5) is 69.0. The Morgan fingerprint density at radius 3 is 2.37 bits per heavy atom. The van der Waals surface area contributed by atoms with Gasteiger partial charge in [0.25, 0.3) is 5.69 Å². The summed E-state index contributed by atoms with van der Waals surface area (Å²) in [6.07, 6.45) is 1.04. The van der Waals surface area contributed by atoms with Crippen LogP contribution in [0.2, 0.25) is 0 Å². The van der Waals surface area contributed by atoms with Gasteiger partial charge in [-0.05, 0) is 55.7 Å². The lowest BCUT2D eigenvalue weighted by Crippen LogP contribution is -2.56. The SMILES string of the molecule is CC(C)C[C@H](NC(=O)OCc1ccccc1)C(=O)N1CCC[C@H]1C(=O)N[C@@H](CCCN=C(N)N)C(=O)Nc1ccc([N+](=O)[O-])cc1. The summed E-state index contributed by atoms with van der Waals surface area (Å²) in [5.41, 5.74) is 11.8. The molecular weight excluding hydrogens is 596 g/mol. The Bertz CT molecular complexity index is 1380. The molecule has 0 aliphatic carbocycles. The van der Waals surface area contributed by atoms with Gasteiger partial charge in [0.2, 0.25) is 17.7 Å². The van der Waals surface area contributed by atoms with Crippen LogP contribution in [0.3, 0.4) is 0 Å². The zero-order valence-corrected chi connectivity index (χ0v) is 26.0. The Balaban J connectivity index is 1.69. The third kappa shape index (κ3) is 11.1. The third-order valence-corrected chi connectivity index (χ3v) is 7.27. The van der Waals surface area contributed by atoms with Crippen LogP contribution in [0.4, 0.5) is 16.2 Å². The predicted octanol–water partition coefficient (Wildman–Crippen LogP) is 2.40. The molecule has 0 aromatic heterocycles. The van der Waals surface area contributed by atoms with Crippen LogP contribution in [-0.2, 0) is 25.7 Å². The average molecular weight is 639 g/mol. The molecule has 0 unspecified atom stereocenters. The number of nitrogens with zero attached hydrogens (tertiary/aromatic N) is 3. The quantitative estimate of drug-likeness (QED) is 0.0634. The number of non-ortho nitro benzene ring substituents is 1. The summed E-state index contributed by atoms with van der Waals surface area (Å²) in [6.45, 7) is 4.40. The molecule has 46 heavy (non-hydrogen) atoms. The molecule has 2 aromatic rings. The molecule has 1 fully saturated rings. The fourth-order valence-corrected chi connectivity index (χ4v) is 5.04. The topological polar surface area (TPSA) is 224 Å². The highest BCUT2D eigenvalue weighted by atomic mass is 16.6. The maximum absolute atomic E-state index is 13.7. The summed E-state index contributed by atoms with van der Waals surface area (Å²) in [6, 6.07) is 11.6. The molecule has 0 spiro atoms. The lowest BCUT2D eigenvalue weighted by atomic mass is 10.0. The van der Waals surface area contributed by atoms with E-state index in [0.29, 0.717) is 37.9 Å². The zero-order chi connectivity index (χ0) is 33.6. The molecule has 0 radical (unpaired) electrons. The second kappa shape index (κ2) is 17.3. The number of nitro groups is 1. The number of guanidine groups is 1. The Kier molecular flexibility index (Phi) is 13.3. The number of amides is 4. The number of aliphatic imine (C=N–C) groups is 1. The number of carbonyl (C=O) groups is 4. The summed E-state index contributed by atoms with van der Waals surface area (Å²) < 4.78 is 5.33. The van der Waals surface area contributed by atoms with Crippen LogP contribution in [0.1, 0.15) is 51.5 Å². The Morgan fingerprint density at radius 2 is 1.74 bits per heavy atom. The number of ether oxygens (including phenoxy) is 1. The van der Waals surface area contributed by atoms with Crippen molar-refractivity contribution in [2.45, 2.75) is 70.7 Å². The molecule has 1 aliphatic heterocycles. The molecule has 3 atom stereocenters.